The number of nitrogens with zero attached hydrogens (tertiary/aromatic N) is 3. The molecular weight excluding hydrogens is 388 g/mol. The molecule has 1 N–H and O–H groups in total. The van der Waals surface area contributed by atoms with Gasteiger partial charge in [0.1, 0.15) is 11.9 Å². The van der Waals surface area contributed by atoms with Gasteiger partial charge in [-0.2, -0.15) is 5.26 Å². The van der Waals surface area contributed by atoms with Crippen LogP contribution >= 0.6 is 0 Å². The van der Waals surface area contributed by atoms with Gasteiger partial charge in [-0.05, 0) is 66.6 Å². The highest BCUT2D eigenvalue weighted by atomic mass is 16.5. The molecule has 1 aliphatic carbocycles. The van der Waals surface area contributed by atoms with Crippen LogP contribution in [0.15, 0.2) is 42.5 Å². The van der Waals surface area contributed by atoms with Crippen molar-refractivity contribution in [2.75, 3.05) is 26.1 Å². The number of nitriles is 1. The van der Waals surface area contributed by atoms with Crippen molar-refractivity contribution in [1.29, 1.82) is 5.26 Å². The monoisotopic (exact) mass is 412 g/mol. The van der Waals surface area contributed by atoms with Gasteiger partial charge in [-0.15, -0.1) is 0 Å². The van der Waals surface area contributed by atoms with Gasteiger partial charge in [0.2, 0.25) is 0 Å². The maximum Gasteiger partial charge on any atom is 0.160 e. The lowest BCUT2D eigenvalue weighted by molar-refractivity contribution is 0.354. The summed E-state index contributed by atoms with van der Waals surface area (Å²) >= 11 is 0. The predicted molar refractivity (Wildman–Crippen MR) is 121 cm³/mol. The Morgan fingerprint density at radius 3 is 2.68 bits per heavy atom. The zero-order valence-corrected chi connectivity index (χ0v) is 17.7. The van der Waals surface area contributed by atoms with Crippen molar-refractivity contribution in [3.63, 3.8) is 0 Å². The van der Waals surface area contributed by atoms with Crippen LogP contribution < -0.4 is 14.8 Å². The molecule has 2 heterocycles. The predicted octanol–water partition coefficient (Wildman–Crippen LogP) is 4.52. The first kappa shape index (κ1) is 19.3. The summed E-state index contributed by atoms with van der Waals surface area (Å²) in [6.45, 7) is 0.759. The van der Waals surface area contributed by atoms with E-state index >= 15 is 0 Å². The minimum Gasteiger partial charge on any atom is -0.493 e. The van der Waals surface area contributed by atoms with Crippen molar-refractivity contribution in [3.05, 3.63) is 64.7 Å². The smallest absolute Gasteiger partial charge is 0.160 e. The minimum absolute atomic E-state index is 0.717. The standard InChI is InChI=1S/C25H24N4O2/c1-30-22-11-10-16(14-23(22)31-2)12-13-27-24-18-7-5-6-17(18)19(15-26)25-28-20-8-3-4-9-21(20)29(24)25/h3-4,8-11,14,27H,5-7,12-13H2,1-2H3. The molecule has 5 rings (SSSR count). The van der Waals surface area contributed by atoms with Gasteiger partial charge in [0.25, 0.3) is 0 Å². The molecule has 31 heavy (non-hydrogen) atoms. The fourth-order valence-corrected chi connectivity index (χ4v) is 4.64. The van der Waals surface area contributed by atoms with Crippen molar-refractivity contribution in [3.8, 4) is 17.6 Å². The highest BCUT2D eigenvalue weighted by molar-refractivity contribution is 5.86. The molecular formula is C25H24N4O2. The van der Waals surface area contributed by atoms with Crippen LogP contribution in [0.5, 0.6) is 11.5 Å². The molecule has 0 aliphatic heterocycles. The van der Waals surface area contributed by atoms with Gasteiger partial charge in [0, 0.05) is 6.54 Å². The molecule has 0 amide bonds. The maximum atomic E-state index is 9.89. The first-order chi connectivity index (χ1) is 15.2. The SMILES string of the molecule is COc1ccc(CCNc2c3c(c(C#N)c4nc5ccccc5n24)CCC3)cc1OC. The molecule has 0 saturated heterocycles. The van der Waals surface area contributed by atoms with Crippen LogP contribution in [0.1, 0.15) is 28.7 Å². The third-order valence-electron chi connectivity index (χ3n) is 6.08. The Morgan fingerprint density at radius 1 is 1.06 bits per heavy atom. The van der Waals surface area contributed by atoms with Gasteiger partial charge in [-0.3, -0.25) is 4.40 Å². The zero-order valence-electron chi connectivity index (χ0n) is 17.7. The number of fused-ring (bicyclic) bond motifs is 4. The van der Waals surface area contributed by atoms with E-state index in [4.69, 9.17) is 14.5 Å². The average Bonchev–Trinajstić information content (AvgIpc) is 3.43. The number of ether oxygens (including phenoxy) is 2. The van der Waals surface area contributed by atoms with Gasteiger partial charge < -0.3 is 14.8 Å². The molecule has 0 saturated carbocycles. The highest BCUT2D eigenvalue weighted by Crippen LogP contribution is 2.36. The number of aromatic nitrogens is 2. The molecule has 0 radical (unpaired) electrons. The molecule has 4 aromatic rings. The van der Waals surface area contributed by atoms with E-state index in [1.54, 1.807) is 14.2 Å². The zero-order chi connectivity index (χ0) is 21.4. The largest absolute Gasteiger partial charge is 0.493 e. The van der Waals surface area contributed by atoms with E-state index in [1.165, 1.54) is 11.1 Å². The van der Waals surface area contributed by atoms with Crippen LogP contribution in [-0.4, -0.2) is 30.1 Å². The summed E-state index contributed by atoms with van der Waals surface area (Å²) in [6.07, 6.45) is 3.82. The number of hydrogen-bond acceptors (Lipinski definition) is 5. The van der Waals surface area contributed by atoms with Gasteiger partial charge in [-0.1, -0.05) is 18.2 Å². The Labute approximate surface area is 181 Å². The lowest BCUT2D eigenvalue weighted by Crippen LogP contribution is -2.12. The van der Waals surface area contributed by atoms with Crippen LogP contribution in [0.2, 0.25) is 0 Å². The molecule has 156 valence electrons. The minimum atomic E-state index is 0.717. The first-order valence-electron chi connectivity index (χ1n) is 10.5. The van der Waals surface area contributed by atoms with E-state index in [1.807, 2.05) is 30.3 Å². The second-order valence-electron chi connectivity index (χ2n) is 7.77. The summed E-state index contributed by atoms with van der Waals surface area (Å²) in [6, 6.07) is 16.5. The van der Waals surface area contributed by atoms with Gasteiger partial charge in [0.15, 0.2) is 17.1 Å². The van der Waals surface area contributed by atoms with Gasteiger partial charge in [0.05, 0.1) is 30.8 Å². The third-order valence-corrected chi connectivity index (χ3v) is 6.08. The summed E-state index contributed by atoms with van der Waals surface area (Å²) < 4.78 is 12.9. The number of methoxy groups -OCH3 is 2. The molecule has 1 aliphatic rings. The molecule has 0 fully saturated rings. The lowest BCUT2D eigenvalue weighted by Gasteiger charge is -2.16. The lowest BCUT2D eigenvalue weighted by atomic mass is 10.1. The summed E-state index contributed by atoms with van der Waals surface area (Å²) in [5.74, 6) is 2.54. The van der Waals surface area contributed by atoms with E-state index in [0.717, 1.165) is 71.8 Å². The molecule has 6 nitrogen and oxygen atoms in total. The number of hydrogen-bond donors (Lipinski definition) is 1. The highest BCUT2D eigenvalue weighted by Gasteiger charge is 2.25. The van der Waals surface area contributed by atoms with Crippen LogP contribution in [0.25, 0.3) is 16.7 Å². The molecule has 0 unspecified atom stereocenters. The van der Waals surface area contributed by atoms with Crippen molar-refractivity contribution < 1.29 is 9.47 Å². The second-order valence-corrected chi connectivity index (χ2v) is 7.77. The molecule has 2 aromatic carbocycles. The van der Waals surface area contributed by atoms with Crippen LogP contribution in [0, 0.1) is 11.3 Å². The van der Waals surface area contributed by atoms with Gasteiger partial charge >= 0.3 is 0 Å². The van der Waals surface area contributed by atoms with E-state index in [0.29, 0.717) is 5.56 Å². The Hall–Kier alpha value is -3.72. The number of nitrogens with one attached hydrogen (secondary N) is 1. The number of rotatable bonds is 6. The number of anilines is 1. The normalized spacial score (nSPS) is 12.7. The van der Waals surface area contributed by atoms with Crippen molar-refractivity contribution in [2.45, 2.75) is 25.7 Å². The fourth-order valence-electron chi connectivity index (χ4n) is 4.64. The van der Waals surface area contributed by atoms with Crippen molar-refractivity contribution in [1.82, 2.24) is 9.38 Å². The molecule has 6 heteroatoms. The quantitative estimate of drug-likeness (QED) is 0.504. The van der Waals surface area contributed by atoms with E-state index in [-0.39, 0.29) is 0 Å². The fraction of sp³-hybridized carbons (Fsp3) is 0.280. The van der Waals surface area contributed by atoms with E-state index in [2.05, 4.69) is 27.9 Å². The van der Waals surface area contributed by atoms with E-state index in [9.17, 15) is 5.26 Å². The third kappa shape index (κ3) is 3.14. The Bertz CT molecular complexity index is 1330. The molecule has 2 aromatic heterocycles. The van der Waals surface area contributed by atoms with Crippen LogP contribution in [-0.2, 0) is 19.3 Å². The summed E-state index contributed by atoms with van der Waals surface area (Å²) in [4.78, 5) is 4.80. The number of para-hydroxylation sites is 2. The number of imidazole rings is 1. The Balaban J connectivity index is 1.54. The van der Waals surface area contributed by atoms with Crippen molar-refractivity contribution in [2.24, 2.45) is 0 Å². The van der Waals surface area contributed by atoms with Crippen molar-refractivity contribution >= 4 is 22.5 Å². The Kier molecular flexibility index (Phi) is 4.87. The average molecular weight is 412 g/mol. The van der Waals surface area contributed by atoms with Gasteiger partial charge in [-0.25, -0.2) is 4.98 Å². The summed E-state index contributed by atoms with van der Waals surface area (Å²) in [5.41, 5.74) is 6.97. The molecule has 0 atom stereocenters. The number of benzene rings is 2. The second kappa shape index (κ2) is 7.84. The van der Waals surface area contributed by atoms with Crippen LogP contribution in [0.4, 0.5) is 5.82 Å². The Morgan fingerprint density at radius 2 is 1.87 bits per heavy atom. The summed E-state index contributed by atoms with van der Waals surface area (Å²) in [7, 11) is 3.30. The topological polar surface area (TPSA) is 71.6 Å². The maximum absolute atomic E-state index is 9.89. The first-order valence-corrected chi connectivity index (χ1v) is 10.5. The van der Waals surface area contributed by atoms with E-state index < -0.39 is 0 Å². The molecule has 0 spiro atoms. The van der Waals surface area contributed by atoms with Crippen LogP contribution in [0.3, 0.4) is 0 Å². The summed E-state index contributed by atoms with van der Waals surface area (Å²) in [5, 5.41) is 13.6. The molecule has 0 bridgehead atoms. The number of pyridine rings is 1.